The molecule has 0 bridgehead atoms. The number of rotatable bonds is 3. The van der Waals surface area contributed by atoms with Crippen LogP contribution in [0.1, 0.15) is 0 Å². The Labute approximate surface area is 150 Å². The molecule has 5 nitrogen and oxygen atoms in total. The molecule has 0 spiro atoms. The van der Waals surface area contributed by atoms with Crippen LogP contribution in [0.2, 0.25) is 5.02 Å². The number of piperazine rings is 1. The van der Waals surface area contributed by atoms with Gasteiger partial charge in [-0.2, -0.15) is 0 Å². The van der Waals surface area contributed by atoms with E-state index in [0.717, 1.165) is 41.7 Å². The normalized spacial score (nSPS) is 14.8. The smallest absolute Gasteiger partial charge is 0.226 e. The van der Waals surface area contributed by atoms with Gasteiger partial charge in [-0.25, -0.2) is 9.97 Å². The lowest BCUT2D eigenvalue weighted by Gasteiger charge is -2.32. The number of anilines is 1. The molecule has 2 heterocycles. The first-order valence-corrected chi connectivity index (χ1v) is 8.59. The van der Waals surface area contributed by atoms with E-state index in [1.54, 1.807) is 4.90 Å². The van der Waals surface area contributed by atoms with E-state index in [-0.39, 0.29) is 0 Å². The summed E-state index contributed by atoms with van der Waals surface area (Å²) in [5, 5.41) is 1.61. The summed E-state index contributed by atoms with van der Waals surface area (Å²) in [7, 11) is 0. The van der Waals surface area contributed by atoms with Gasteiger partial charge in [0, 0.05) is 42.2 Å². The molecule has 0 unspecified atom stereocenters. The highest BCUT2D eigenvalue weighted by Crippen LogP contribution is 2.30. The van der Waals surface area contributed by atoms with Crippen molar-refractivity contribution in [3.63, 3.8) is 0 Å². The average Bonchev–Trinajstić information content (AvgIpc) is 2.68. The Hall–Kier alpha value is -2.66. The minimum Gasteiger partial charge on any atom is -0.342 e. The molecule has 4 rings (SSSR count). The Morgan fingerprint density at radius 2 is 1.72 bits per heavy atom. The van der Waals surface area contributed by atoms with Crippen LogP contribution in [0.4, 0.5) is 5.95 Å². The quantitative estimate of drug-likeness (QED) is 0.679. The summed E-state index contributed by atoms with van der Waals surface area (Å²) in [6, 6.07) is 15.7. The van der Waals surface area contributed by atoms with Crippen LogP contribution < -0.4 is 4.90 Å². The van der Waals surface area contributed by atoms with E-state index < -0.39 is 0 Å². The van der Waals surface area contributed by atoms with Crippen molar-refractivity contribution < 1.29 is 4.79 Å². The zero-order chi connectivity index (χ0) is 17.2. The predicted octanol–water partition coefficient (Wildman–Crippen LogP) is 3.23. The maximum atomic E-state index is 10.9. The molecule has 1 saturated heterocycles. The molecule has 0 aliphatic carbocycles. The second kappa shape index (κ2) is 6.69. The van der Waals surface area contributed by atoms with Crippen LogP contribution in [-0.2, 0) is 4.79 Å². The molecule has 1 aliphatic heterocycles. The largest absolute Gasteiger partial charge is 0.342 e. The Kier molecular flexibility index (Phi) is 4.24. The fourth-order valence-corrected chi connectivity index (χ4v) is 3.25. The lowest BCUT2D eigenvalue weighted by Crippen LogP contribution is -2.46. The third-order valence-electron chi connectivity index (χ3n) is 4.44. The number of benzene rings is 2. The fraction of sp³-hybridized carbons (Fsp3) is 0.211. The van der Waals surface area contributed by atoms with Crippen molar-refractivity contribution in [3.8, 4) is 11.3 Å². The molecular weight excluding hydrogens is 336 g/mol. The molecule has 3 aromatic rings. The first-order chi connectivity index (χ1) is 12.2. The molecule has 126 valence electrons. The summed E-state index contributed by atoms with van der Waals surface area (Å²) < 4.78 is 0. The number of fused-ring (bicyclic) bond motifs is 1. The van der Waals surface area contributed by atoms with E-state index >= 15 is 0 Å². The van der Waals surface area contributed by atoms with Gasteiger partial charge in [0.25, 0.3) is 0 Å². The van der Waals surface area contributed by atoms with Gasteiger partial charge in [-0.3, -0.25) is 4.79 Å². The Morgan fingerprint density at radius 3 is 2.44 bits per heavy atom. The van der Waals surface area contributed by atoms with E-state index in [9.17, 15) is 4.79 Å². The first-order valence-electron chi connectivity index (χ1n) is 8.21. The van der Waals surface area contributed by atoms with Gasteiger partial charge in [-0.05, 0) is 18.2 Å². The highest BCUT2D eigenvalue weighted by molar-refractivity contribution is 6.31. The van der Waals surface area contributed by atoms with Crippen molar-refractivity contribution >= 4 is 34.9 Å². The molecule has 6 heteroatoms. The van der Waals surface area contributed by atoms with Crippen LogP contribution in [0, 0.1) is 0 Å². The Morgan fingerprint density at radius 1 is 0.960 bits per heavy atom. The summed E-state index contributed by atoms with van der Waals surface area (Å²) in [5.74, 6) is 0.694. The van der Waals surface area contributed by atoms with Gasteiger partial charge in [0.05, 0.1) is 11.2 Å². The van der Waals surface area contributed by atoms with Crippen molar-refractivity contribution in [2.24, 2.45) is 0 Å². The standard InChI is InChI=1S/C19H17ClN4O/c20-15-6-7-17-16(12-15)18(14-4-2-1-3-5-14)22-19(21-17)24-10-8-23(13-25)9-11-24/h1-7,12-13H,8-11H2. The van der Waals surface area contributed by atoms with E-state index in [4.69, 9.17) is 21.6 Å². The molecule has 1 aromatic heterocycles. The highest BCUT2D eigenvalue weighted by Gasteiger charge is 2.20. The van der Waals surface area contributed by atoms with Crippen molar-refractivity contribution in [1.82, 2.24) is 14.9 Å². The minimum absolute atomic E-state index is 0.667. The molecule has 1 fully saturated rings. The summed E-state index contributed by atoms with van der Waals surface area (Å²) in [5.41, 5.74) is 2.77. The summed E-state index contributed by atoms with van der Waals surface area (Å²) in [6.45, 7) is 2.83. The Balaban J connectivity index is 1.82. The number of aromatic nitrogens is 2. The SMILES string of the molecule is O=CN1CCN(c2nc(-c3ccccc3)c3cc(Cl)ccc3n2)CC1. The van der Waals surface area contributed by atoms with Crippen LogP contribution in [0.15, 0.2) is 48.5 Å². The lowest BCUT2D eigenvalue weighted by atomic mass is 10.1. The third kappa shape index (κ3) is 3.15. The zero-order valence-electron chi connectivity index (χ0n) is 13.6. The van der Waals surface area contributed by atoms with Gasteiger partial charge >= 0.3 is 0 Å². The number of carbonyl (C=O) groups is 1. The summed E-state index contributed by atoms with van der Waals surface area (Å²) in [6.07, 6.45) is 0.899. The number of nitrogens with zero attached hydrogens (tertiary/aromatic N) is 4. The molecular formula is C19H17ClN4O. The van der Waals surface area contributed by atoms with E-state index in [2.05, 4.69) is 4.90 Å². The second-order valence-electron chi connectivity index (χ2n) is 6.03. The highest BCUT2D eigenvalue weighted by atomic mass is 35.5. The molecule has 1 amide bonds. The molecule has 0 N–H and O–H groups in total. The van der Waals surface area contributed by atoms with E-state index in [0.29, 0.717) is 24.1 Å². The maximum Gasteiger partial charge on any atom is 0.226 e. The molecule has 1 aliphatic rings. The molecule has 25 heavy (non-hydrogen) atoms. The molecule has 0 atom stereocenters. The van der Waals surface area contributed by atoms with E-state index in [1.165, 1.54) is 0 Å². The van der Waals surface area contributed by atoms with Crippen LogP contribution >= 0.6 is 11.6 Å². The Bertz CT molecular complexity index is 908. The average molecular weight is 353 g/mol. The van der Waals surface area contributed by atoms with Crippen LogP contribution in [-0.4, -0.2) is 47.5 Å². The summed E-state index contributed by atoms with van der Waals surface area (Å²) in [4.78, 5) is 24.4. The van der Waals surface area contributed by atoms with Crippen LogP contribution in [0.3, 0.4) is 0 Å². The summed E-state index contributed by atoms with van der Waals surface area (Å²) >= 11 is 6.19. The van der Waals surface area contributed by atoms with Gasteiger partial charge in [-0.1, -0.05) is 41.9 Å². The van der Waals surface area contributed by atoms with Gasteiger partial charge < -0.3 is 9.80 Å². The van der Waals surface area contributed by atoms with Gasteiger partial charge in [0.15, 0.2) is 0 Å². The van der Waals surface area contributed by atoms with E-state index in [1.807, 2.05) is 48.5 Å². The lowest BCUT2D eigenvalue weighted by molar-refractivity contribution is -0.118. The number of hydrogen-bond donors (Lipinski definition) is 0. The number of amides is 1. The second-order valence-corrected chi connectivity index (χ2v) is 6.46. The number of carbonyl (C=O) groups excluding carboxylic acids is 1. The monoisotopic (exact) mass is 352 g/mol. The van der Waals surface area contributed by atoms with Crippen LogP contribution in [0.5, 0.6) is 0 Å². The fourth-order valence-electron chi connectivity index (χ4n) is 3.07. The number of halogens is 1. The minimum atomic E-state index is 0.667. The van der Waals surface area contributed by atoms with Crippen molar-refractivity contribution in [2.75, 3.05) is 31.1 Å². The van der Waals surface area contributed by atoms with Crippen molar-refractivity contribution in [2.45, 2.75) is 0 Å². The van der Waals surface area contributed by atoms with Crippen molar-refractivity contribution in [1.29, 1.82) is 0 Å². The number of hydrogen-bond acceptors (Lipinski definition) is 4. The molecule has 2 aromatic carbocycles. The van der Waals surface area contributed by atoms with Gasteiger partial charge in [-0.15, -0.1) is 0 Å². The first kappa shape index (κ1) is 15.8. The van der Waals surface area contributed by atoms with Crippen molar-refractivity contribution in [3.05, 3.63) is 53.6 Å². The zero-order valence-corrected chi connectivity index (χ0v) is 14.4. The molecule has 0 saturated carbocycles. The van der Waals surface area contributed by atoms with Gasteiger partial charge in [0.2, 0.25) is 12.4 Å². The maximum absolute atomic E-state index is 10.9. The predicted molar refractivity (Wildman–Crippen MR) is 99.8 cm³/mol. The third-order valence-corrected chi connectivity index (χ3v) is 4.67. The van der Waals surface area contributed by atoms with Gasteiger partial charge in [0.1, 0.15) is 0 Å². The molecule has 0 radical (unpaired) electrons. The van der Waals surface area contributed by atoms with Crippen LogP contribution in [0.25, 0.3) is 22.2 Å². The topological polar surface area (TPSA) is 49.3 Å².